The Labute approximate surface area is 148 Å². The highest BCUT2D eigenvalue weighted by atomic mass is 35.5. The Bertz CT molecular complexity index is 813. The number of para-hydroxylation sites is 2. The Hall–Kier alpha value is -2.28. The maximum atomic E-state index is 12.9. The second-order valence-corrected chi connectivity index (χ2v) is 5.97. The van der Waals surface area contributed by atoms with Crippen molar-refractivity contribution in [3.63, 3.8) is 0 Å². The number of fused-ring (bicyclic) bond motifs is 1. The van der Waals surface area contributed by atoms with Gasteiger partial charge in [0.2, 0.25) is 0 Å². The Balaban J connectivity index is 2.01. The van der Waals surface area contributed by atoms with E-state index in [9.17, 15) is 9.59 Å². The molecule has 0 aromatic heterocycles. The van der Waals surface area contributed by atoms with Crippen LogP contribution in [-0.2, 0) is 4.79 Å². The molecule has 1 aliphatic heterocycles. The van der Waals surface area contributed by atoms with Gasteiger partial charge < -0.3 is 9.64 Å². The number of rotatable bonds is 2. The number of nitrogens with zero attached hydrogens (tertiary/aromatic N) is 1. The van der Waals surface area contributed by atoms with E-state index in [4.69, 9.17) is 33.8 Å². The summed E-state index contributed by atoms with van der Waals surface area (Å²) in [6.07, 6.45) is -0.917. The van der Waals surface area contributed by atoms with E-state index in [0.717, 1.165) is 0 Å². The highest BCUT2D eigenvalue weighted by Gasteiger charge is 2.34. The van der Waals surface area contributed by atoms with E-state index in [1.54, 1.807) is 36.4 Å². The van der Waals surface area contributed by atoms with Gasteiger partial charge in [-0.2, -0.15) is 0 Å². The molecule has 0 saturated carbocycles. The van der Waals surface area contributed by atoms with Crippen LogP contribution in [0.25, 0.3) is 0 Å². The Morgan fingerprint density at radius 1 is 1.21 bits per heavy atom. The lowest BCUT2D eigenvalue weighted by atomic mass is 10.1. The molecule has 6 nitrogen and oxygen atoms in total. The van der Waals surface area contributed by atoms with Gasteiger partial charge in [0, 0.05) is 5.02 Å². The predicted molar refractivity (Wildman–Crippen MR) is 91.3 cm³/mol. The van der Waals surface area contributed by atoms with E-state index in [2.05, 4.69) is 0 Å². The zero-order chi connectivity index (χ0) is 17.3. The lowest BCUT2D eigenvalue weighted by Crippen LogP contribution is -2.52. The van der Waals surface area contributed by atoms with Gasteiger partial charge in [0.25, 0.3) is 11.8 Å². The fourth-order valence-electron chi connectivity index (χ4n) is 2.46. The smallest absolute Gasteiger partial charge is 0.276 e. The largest absolute Gasteiger partial charge is 0.476 e. The first-order valence-electron chi connectivity index (χ1n) is 7.04. The average Bonchev–Trinajstić information content (AvgIpc) is 2.59. The molecule has 2 aromatic rings. The van der Waals surface area contributed by atoms with Crippen LogP contribution in [0.15, 0.2) is 42.5 Å². The fourth-order valence-corrected chi connectivity index (χ4v) is 2.95. The highest BCUT2D eigenvalue weighted by molar-refractivity contribution is 6.37. The third kappa shape index (κ3) is 3.03. The molecule has 0 radical (unpaired) electrons. The zero-order valence-electron chi connectivity index (χ0n) is 12.3. The van der Waals surface area contributed by atoms with Gasteiger partial charge in [-0.3, -0.25) is 15.0 Å². The van der Waals surface area contributed by atoms with E-state index < -0.39 is 12.0 Å². The molecule has 0 bridgehead atoms. The normalized spacial score (nSPS) is 16.1. The molecule has 1 atom stereocenters. The number of amides is 2. The van der Waals surface area contributed by atoms with Crippen molar-refractivity contribution >= 4 is 40.7 Å². The summed E-state index contributed by atoms with van der Waals surface area (Å²) in [5, 5.41) is 0.663. The number of hydrazine groups is 1. The summed E-state index contributed by atoms with van der Waals surface area (Å²) in [7, 11) is 0. The van der Waals surface area contributed by atoms with Gasteiger partial charge in [0.05, 0.1) is 22.8 Å². The van der Waals surface area contributed by atoms with Crippen LogP contribution in [0.3, 0.4) is 0 Å². The minimum Gasteiger partial charge on any atom is -0.476 e. The van der Waals surface area contributed by atoms with Crippen molar-refractivity contribution in [2.75, 3.05) is 11.4 Å². The highest BCUT2D eigenvalue weighted by Crippen LogP contribution is 2.35. The van der Waals surface area contributed by atoms with Gasteiger partial charge >= 0.3 is 0 Å². The third-order valence-electron chi connectivity index (χ3n) is 3.62. The number of anilines is 1. The van der Waals surface area contributed by atoms with E-state index in [-0.39, 0.29) is 23.0 Å². The average molecular weight is 366 g/mol. The van der Waals surface area contributed by atoms with E-state index >= 15 is 0 Å². The zero-order valence-corrected chi connectivity index (χ0v) is 13.8. The monoisotopic (exact) mass is 365 g/mol. The standard InChI is InChI=1S/C16H13Cl2N3O3/c17-9-5-6-10(11(18)7-9)16(23)21-8-14(15(22)20-19)24-13-4-2-1-3-12(13)21/h1-7,14H,8,19H2,(H,20,22)/t14-/m1/s1. The number of hydrogen-bond acceptors (Lipinski definition) is 4. The van der Waals surface area contributed by atoms with Crippen molar-refractivity contribution in [2.45, 2.75) is 6.10 Å². The first-order valence-corrected chi connectivity index (χ1v) is 7.80. The molecule has 1 heterocycles. The Kier molecular flexibility index (Phi) is 4.62. The molecule has 2 amide bonds. The van der Waals surface area contributed by atoms with Crippen molar-refractivity contribution in [3.05, 3.63) is 58.1 Å². The molecular formula is C16H13Cl2N3O3. The van der Waals surface area contributed by atoms with Gasteiger partial charge in [0.1, 0.15) is 5.75 Å². The topological polar surface area (TPSA) is 84.7 Å². The maximum Gasteiger partial charge on any atom is 0.276 e. The quantitative estimate of drug-likeness (QED) is 0.486. The molecule has 24 heavy (non-hydrogen) atoms. The van der Waals surface area contributed by atoms with Crippen LogP contribution >= 0.6 is 23.2 Å². The van der Waals surface area contributed by atoms with Gasteiger partial charge in [0.15, 0.2) is 6.10 Å². The summed E-state index contributed by atoms with van der Waals surface area (Å²) in [4.78, 5) is 26.2. The van der Waals surface area contributed by atoms with Crippen molar-refractivity contribution in [1.82, 2.24) is 5.43 Å². The van der Waals surface area contributed by atoms with E-state index in [1.165, 1.54) is 11.0 Å². The van der Waals surface area contributed by atoms with Gasteiger partial charge in [-0.1, -0.05) is 35.3 Å². The predicted octanol–water partition coefficient (Wildman–Crippen LogP) is 2.39. The summed E-state index contributed by atoms with van der Waals surface area (Å²) in [5.41, 5.74) is 2.87. The van der Waals surface area contributed by atoms with E-state index in [0.29, 0.717) is 16.5 Å². The molecule has 0 fully saturated rings. The van der Waals surface area contributed by atoms with Crippen LogP contribution in [0, 0.1) is 0 Å². The number of hydrogen-bond donors (Lipinski definition) is 2. The van der Waals surface area contributed by atoms with Crippen LogP contribution in [0.5, 0.6) is 5.75 Å². The van der Waals surface area contributed by atoms with Crippen LogP contribution < -0.4 is 20.9 Å². The van der Waals surface area contributed by atoms with Crippen molar-refractivity contribution < 1.29 is 14.3 Å². The molecule has 0 unspecified atom stereocenters. The Morgan fingerprint density at radius 2 is 1.96 bits per heavy atom. The molecule has 0 spiro atoms. The number of benzene rings is 2. The molecule has 2 aromatic carbocycles. The second kappa shape index (κ2) is 6.68. The minimum atomic E-state index is -0.917. The molecule has 1 aliphatic rings. The first-order chi connectivity index (χ1) is 11.5. The summed E-state index contributed by atoms with van der Waals surface area (Å²) < 4.78 is 5.61. The van der Waals surface area contributed by atoms with Gasteiger partial charge in [-0.15, -0.1) is 0 Å². The molecular weight excluding hydrogens is 353 g/mol. The summed E-state index contributed by atoms with van der Waals surface area (Å²) in [5.74, 6) is 4.71. The third-order valence-corrected chi connectivity index (χ3v) is 4.16. The minimum absolute atomic E-state index is 0.0117. The van der Waals surface area contributed by atoms with Crippen LogP contribution in [0.1, 0.15) is 10.4 Å². The number of carbonyl (C=O) groups is 2. The number of nitrogens with two attached hydrogens (primary N) is 1. The maximum absolute atomic E-state index is 12.9. The van der Waals surface area contributed by atoms with Crippen molar-refractivity contribution in [3.8, 4) is 5.75 Å². The first kappa shape index (κ1) is 16.6. The van der Waals surface area contributed by atoms with E-state index in [1.807, 2.05) is 5.43 Å². The molecule has 3 rings (SSSR count). The van der Waals surface area contributed by atoms with Crippen molar-refractivity contribution in [2.24, 2.45) is 5.84 Å². The number of halogens is 2. The van der Waals surface area contributed by atoms with Crippen LogP contribution in [-0.4, -0.2) is 24.5 Å². The summed E-state index contributed by atoms with van der Waals surface area (Å²) in [6, 6.07) is 11.5. The molecule has 0 aliphatic carbocycles. The number of ether oxygens (including phenoxy) is 1. The lowest BCUT2D eigenvalue weighted by Gasteiger charge is -2.34. The molecule has 8 heteroatoms. The number of nitrogens with one attached hydrogen (secondary N) is 1. The number of carbonyl (C=O) groups excluding carboxylic acids is 2. The van der Waals surface area contributed by atoms with Crippen LogP contribution in [0.4, 0.5) is 5.69 Å². The van der Waals surface area contributed by atoms with Gasteiger partial charge in [-0.05, 0) is 30.3 Å². The Morgan fingerprint density at radius 3 is 2.67 bits per heavy atom. The van der Waals surface area contributed by atoms with Gasteiger partial charge in [-0.25, -0.2) is 5.84 Å². The summed E-state index contributed by atoms with van der Waals surface area (Å²) in [6.45, 7) is 0.0117. The molecule has 124 valence electrons. The van der Waals surface area contributed by atoms with Crippen LogP contribution in [0.2, 0.25) is 10.0 Å². The molecule has 0 saturated heterocycles. The fraction of sp³-hybridized carbons (Fsp3) is 0.125. The van der Waals surface area contributed by atoms with Crippen molar-refractivity contribution in [1.29, 1.82) is 0 Å². The molecule has 3 N–H and O–H groups in total. The second-order valence-electron chi connectivity index (χ2n) is 5.12. The summed E-state index contributed by atoms with van der Waals surface area (Å²) >= 11 is 12.0. The SMILES string of the molecule is NNC(=O)[C@H]1CN(C(=O)c2ccc(Cl)cc2Cl)c2ccccc2O1. The lowest BCUT2D eigenvalue weighted by molar-refractivity contribution is -0.127.